The van der Waals surface area contributed by atoms with Crippen LogP contribution in [0.1, 0.15) is 63.7 Å². The van der Waals surface area contributed by atoms with Crippen molar-refractivity contribution in [2.75, 3.05) is 0 Å². The summed E-state index contributed by atoms with van der Waals surface area (Å²) < 4.78 is 176. The van der Waals surface area contributed by atoms with Crippen LogP contribution in [0.15, 0.2) is 60.7 Å². The predicted molar refractivity (Wildman–Crippen MR) is 153 cm³/mol. The van der Waals surface area contributed by atoms with Crippen LogP contribution in [0.3, 0.4) is 0 Å². The molecule has 0 spiro atoms. The van der Waals surface area contributed by atoms with E-state index in [4.69, 9.17) is 9.47 Å². The van der Waals surface area contributed by atoms with E-state index in [9.17, 15) is 92.3 Å². The van der Waals surface area contributed by atoms with Crippen molar-refractivity contribution >= 4 is 23.9 Å². The van der Waals surface area contributed by atoms with Crippen molar-refractivity contribution in [3.8, 4) is 34.1 Å². The van der Waals surface area contributed by atoms with Gasteiger partial charge in [-0.05, 0) is 54.1 Å². The van der Waals surface area contributed by atoms with Gasteiger partial charge in [0.05, 0.1) is 27.8 Å². The molecule has 0 amide bonds. The van der Waals surface area contributed by atoms with Crippen molar-refractivity contribution < 1.29 is 102 Å². The molecule has 0 aromatic heterocycles. The van der Waals surface area contributed by atoms with Gasteiger partial charge in [0.2, 0.25) is 0 Å². The summed E-state index contributed by atoms with van der Waals surface area (Å²) in [6, 6.07) is 2.54. The van der Waals surface area contributed by atoms with Crippen LogP contribution in [-0.4, -0.2) is 44.3 Å². The lowest BCUT2D eigenvalue weighted by Gasteiger charge is -2.23. The highest BCUT2D eigenvalue weighted by molar-refractivity contribution is 6.06. The monoisotopic (exact) mass is 786 g/mol. The normalized spacial score (nSPS) is 12.3. The van der Waals surface area contributed by atoms with Crippen LogP contribution in [0.2, 0.25) is 0 Å². The van der Waals surface area contributed by atoms with E-state index in [-0.39, 0.29) is 30.3 Å². The third-order valence-electron chi connectivity index (χ3n) is 7.17. The Labute approximate surface area is 290 Å². The number of carboxylic acids is 4. The molecular weight excluding hydrogens is 772 g/mol. The number of alkyl halides is 12. The number of aromatic carboxylic acids is 4. The van der Waals surface area contributed by atoms with Crippen molar-refractivity contribution in [3.63, 3.8) is 0 Å². The van der Waals surface area contributed by atoms with Crippen LogP contribution in [0, 0.1) is 0 Å². The first kappa shape index (κ1) is 40.3. The molecule has 0 heterocycles. The van der Waals surface area contributed by atoms with Crippen molar-refractivity contribution in [1.29, 1.82) is 0 Å². The topological polar surface area (TPSA) is 168 Å². The van der Waals surface area contributed by atoms with E-state index in [0.717, 1.165) is 0 Å². The largest absolute Gasteiger partial charge is 0.478 e. The zero-order valence-corrected chi connectivity index (χ0v) is 25.5. The third-order valence-corrected chi connectivity index (χ3v) is 7.17. The lowest BCUT2D eigenvalue weighted by molar-refractivity contribution is -0.139. The smallest absolute Gasteiger partial charge is 0.420 e. The van der Waals surface area contributed by atoms with Crippen LogP contribution in [-0.2, 0) is 24.7 Å². The SMILES string of the molecule is O=C(O)c1c(Oc2c(-c3ccc(C(F)(F)F)cc3)ccc(C(F)(F)F)c2Oc2ccc(C(F)(F)F)c(C(=O)O)c2C(=O)O)ccc(C(F)(F)F)c1C(=O)O. The first-order valence-electron chi connectivity index (χ1n) is 13.8. The molecule has 0 saturated heterocycles. The Morgan fingerprint density at radius 1 is 0.407 bits per heavy atom. The third kappa shape index (κ3) is 7.95. The number of hydrogen-bond acceptors (Lipinski definition) is 6. The van der Waals surface area contributed by atoms with Gasteiger partial charge in [0.25, 0.3) is 0 Å². The molecule has 54 heavy (non-hydrogen) atoms. The standard InChI is InChI=1S/C32H14F12O10/c33-29(34,35)12-3-1-11(2-4-12)13-5-6-16(32(42,43)44)24(54-18-10-8-15(31(39,40)41)20(26(47)48)22(18)28(51)52)23(13)53-17-9-7-14(30(36,37)38)19(25(45)46)21(17)27(49)50/h1-10H,(H,45,46)(H,47,48)(H,49,50)(H,51,52). The molecule has 0 fully saturated rings. The van der Waals surface area contributed by atoms with Crippen LogP contribution >= 0.6 is 0 Å². The van der Waals surface area contributed by atoms with Gasteiger partial charge in [0, 0.05) is 5.56 Å². The average Bonchev–Trinajstić information content (AvgIpc) is 3.02. The van der Waals surface area contributed by atoms with E-state index in [1.807, 2.05) is 0 Å². The highest BCUT2D eigenvalue weighted by Gasteiger charge is 2.43. The second-order valence-corrected chi connectivity index (χ2v) is 10.5. The number of halogens is 12. The van der Waals surface area contributed by atoms with Gasteiger partial charge in [-0.3, -0.25) is 0 Å². The minimum atomic E-state index is -5.67. The summed E-state index contributed by atoms with van der Waals surface area (Å²) >= 11 is 0. The molecule has 286 valence electrons. The average molecular weight is 786 g/mol. The summed E-state index contributed by atoms with van der Waals surface area (Å²) in [7, 11) is 0. The maximum Gasteiger partial charge on any atom is 0.420 e. The quantitative estimate of drug-likeness (QED) is 0.120. The van der Waals surface area contributed by atoms with Crippen LogP contribution < -0.4 is 9.47 Å². The molecule has 0 unspecified atom stereocenters. The Bertz CT molecular complexity index is 2180. The minimum absolute atomic E-state index is 0.0608. The second kappa shape index (κ2) is 13.8. The maximum atomic E-state index is 14.5. The fraction of sp³-hybridized carbons (Fsp3) is 0.125. The van der Waals surface area contributed by atoms with Crippen LogP contribution in [0.4, 0.5) is 52.7 Å². The summed E-state index contributed by atoms with van der Waals surface area (Å²) in [4.78, 5) is 48.1. The van der Waals surface area contributed by atoms with E-state index in [2.05, 4.69) is 0 Å². The molecule has 22 heteroatoms. The first-order chi connectivity index (χ1) is 24.7. The van der Waals surface area contributed by atoms with E-state index >= 15 is 0 Å². The summed E-state index contributed by atoms with van der Waals surface area (Å²) in [5.74, 6) is -16.6. The van der Waals surface area contributed by atoms with Gasteiger partial charge in [-0.1, -0.05) is 12.1 Å². The predicted octanol–water partition coefficient (Wildman–Crippen LogP) is 9.81. The number of ether oxygens (including phenoxy) is 2. The Kier molecular flexibility index (Phi) is 10.3. The molecule has 4 N–H and O–H groups in total. The maximum absolute atomic E-state index is 14.5. The molecular formula is C32H14F12O10. The second-order valence-electron chi connectivity index (χ2n) is 10.5. The zero-order chi connectivity index (χ0) is 40.9. The van der Waals surface area contributed by atoms with Gasteiger partial charge < -0.3 is 29.9 Å². The molecule has 4 rings (SSSR count). The van der Waals surface area contributed by atoms with Crippen LogP contribution in [0.25, 0.3) is 11.1 Å². The Balaban J connectivity index is 2.19. The molecule has 10 nitrogen and oxygen atoms in total. The van der Waals surface area contributed by atoms with Crippen molar-refractivity contribution in [2.24, 2.45) is 0 Å². The van der Waals surface area contributed by atoms with E-state index in [1.54, 1.807) is 0 Å². The van der Waals surface area contributed by atoms with Crippen LogP contribution in [0.5, 0.6) is 23.0 Å². The molecule has 0 aliphatic heterocycles. The molecule has 0 bridgehead atoms. The number of hydrogen-bond donors (Lipinski definition) is 4. The van der Waals surface area contributed by atoms with E-state index in [1.165, 1.54) is 0 Å². The molecule has 0 radical (unpaired) electrons. The van der Waals surface area contributed by atoms with Gasteiger partial charge in [0.15, 0.2) is 11.5 Å². The Hall–Kier alpha value is -6.48. The van der Waals surface area contributed by atoms with Gasteiger partial charge in [0.1, 0.15) is 28.2 Å². The fourth-order valence-electron chi connectivity index (χ4n) is 4.95. The summed E-state index contributed by atoms with van der Waals surface area (Å²) in [6.45, 7) is 0. The molecule has 4 aromatic carbocycles. The van der Waals surface area contributed by atoms with E-state index in [0.29, 0.717) is 30.3 Å². The summed E-state index contributed by atoms with van der Waals surface area (Å²) in [5.41, 5.74) is -16.9. The summed E-state index contributed by atoms with van der Waals surface area (Å²) in [6.07, 6.45) is -21.8. The fourth-order valence-corrected chi connectivity index (χ4v) is 4.95. The van der Waals surface area contributed by atoms with Crippen molar-refractivity contribution in [2.45, 2.75) is 24.7 Å². The first-order valence-corrected chi connectivity index (χ1v) is 13.8. The molecule has 4 aromatic rings. The minimum Gasteiger partial charge on any atom is -0.478 e. The van der Waals surface area contributed by atoms with Gasteiger partial charge in [-0.15, -0.1) is 0 Å². The lowest BCUT2D eigenvalue weighted by Crippen LogP contribution is -2.19. The number of carboxylic acid groups (broad SMARTS) is 4. The summed E-state index contributed by atoms with van der Waals surface area (Å²) in [5, 5.41) is 38.5. The zero-order valence-electron chi connectivity index (χ0n) is 25.5. The highest BCUT2D eigenvalue weighted by Crippen LogP contribution is 2.52. The number of carbonyl (C=O) groups is 4. The lowest BCUT2D eigenvalue weighted by atomic mass is 9.97. The molecule has 0 aliphatic carbocycles. The van der Waals surface area contributed by atoms with Gasteiger partial charge in [-0.2, -0.15) is 52.7 Å². The Morgan fingerprint density at radius 2 is 0.759 bits per heavy atom. The molecule has 0 aliphatic rings. The Morgan fingerprint density at radius 3 is 1.09 bits per heavy atom. The van der Waals surface area contributed by atoms with Gasteiger partial charge >= 0.3 is 48.6 Å². The molecule has 0 atom stereocenters. The van der Waals surface area contributed by atoms with Gasteiger partial charge in [-0.25, -0.2) is 19.2 Å². The number of rotatable bonds is 9. The molecule has 0 saturated carbocycles. The van der Waals surface area contributed by atoms with E-state index < -0.39 is 127 Å². The highest BCUT2D eigenvalue weighted by atomic mass is 19.4. The van der Waals surface area contributed by atoms with Crippen molar-refractivity contribution in [3.05, 3.63) is 105 Å². The number of benzene rings is 4. The van der Waals surface area contributed by atoms with Crippen molar-refractivity contribution in [1.82, 2.24) is 0 Å².